The Morgan fingerprint density at radius 2 is 1.94 bits per heavy atom. The zero-order chi connectivity index (χ0) is 13.9. The predicted molar refractivity (Wildman–Crippen MR) is 75.6 cm³/mol. The lowest BCUT2D eigenvalue weighted by Gasteiger charge is -2.22. The first-order valence-electron chi connectivity index (χ1n) is 5.71. The van der Waals surface area contributed by atoms with Gasteiger partial charge in [0.15, 0.2) is 0 Å². The van der Waals surface area contributed by atoms with E-state index in [1.807, 2.05) is 6.92 Å². The molecule has 18 heavy (non-hydrogen) atoms. The summed E-state index contributed by atoms with van der Waals surface area (Å²) in [4.78, 5) is 10.5. The summed E-state index contributed by atoms with van der Waals surface area (Å²) < 4.78 is 5.70. The third-order valence-corrected chi connectivity index (χ3v) is 4.19. The van der Waals surface area contributed by atoms with E-state index in [1.165, 1.54) is 6.07 Å². The van der Waals surface area contributed by atoms with Crippen LogP contribution in [0.3, 0.4) is 0 Å². The number of ether oxygens (including phenoxy) is 1. The highest BCUT2D eigenvalue weighted by Crippen LogP contribution is 2.29. The minimum Gasteiger partial charge on any atom is -0.492 e. The number of nitro groups is 1. The Balaban J connectivity index is 2.96. The summed E-state index contributed by atoms with van der Waals surface area (Å²) in [6.07, 6.45) is 0. The fourth-order valence-electron chi connectivity index (χ4n) is 1.49. The Bertz CT molecular complexity index is 458. The molecular weight excluding hydrogens is 298 g/mol. The fourth-order valence-corrected chi connectivity index (χ4v) is 1.65. The van der Waals surface area contributed by atoms with Gasteiger partial charge in [0, 0.05) is 16.3 Å². The lowest BCUT2D eigenvalue weighted by atomic mass is 9.98. The number of alkyl halides is 1. The summed E-state index contributed by atoms with van der Waals surface area (Å²) in [7, 11) is 0. The van der Waals surface area contributed by atoms with E-state index in [-0.39, 0.29) is 16.0 Å². The van der Waals surface area contributed by atoms with Crippen LogP contribution in [0.4, 0.5) is 5.69 Å². The van der Waals surface area contributed by atoms with Crippen molar-refractivity contribution in [1.82, 2.24) is 0 Å². The van der Waals surface area contributed by atoms with Gasteiger partial charge >= 0.3 is 0 Å². The standard InChI is InChI=1S/C13H18BrNO3/c1-9-5-10(2)12(6-11(9)15(16)17)18-8-13(3,4)7-14/h5-6H,7-8H2,1-4H3. The van der Waals surface area contributed by atoms with Crippen LogP contribution < -0.4 is 4.74 Å². The van der Waals surface area contributed by atoms with Crippen molar-refractivity contribution >= 4 is 21.6 Å². The van der Waals surface area contributed by atoms with Gasteiger partial charge in [0.05, 0.1) is 17.6 Å². The first-order chi connectivity index (χ1) is 8.26. The van der Waals surface area contributed by atoms with Crippen molar-refractivity contribution in [2.75, 3.05) is 11.9 Å². The molecular formula is C13H18BrNO3. The van der Waals surface area contributed by atoms with Gasteiger partial charge in [-0.25, -0.2) is 0 Å². The van der Waals surface area contributed by atoms with Gasteiger partial charge in [0.25, 0.3) is 5.69 Å². The molecule has 0 unspecified atom stereocenters. The molecule has 0 aromatic heterocycles. The van der Waals surface area contributed by atoms with Crippen LogP contribution in [-0.2, 0) is 0 Å². The van der Waals surface area contributed by atoms with Gasteiger partial charge in [0.1, 0.15) is 5.75 Å². The van der Waals surface area contributed by atoms with Crippen molar-refractivity contribution < 1.29 is 9.66 Å². The van der Waals surface area contributed by atoms with Crippen molar-refractivity contribution in [2.24, 2.45) is 5.41 Å². The van der Waals surface area contributed by atoms with Crippen LogP contribution in [0.1, 0.15) is 25.0 Å². The highest BCUT2D eigenvalue weighted by Gasteiger charge is 2.19. The predicted octanol–water partition coefficient (Wildman–Crippen LogP) is 4.01. The van der Waals surface area contributed by atoms with E-state index in [0.29, 0.717) is 17.9 Å². The topological polar surface area (TPSA) is 52.4 Å². The van der Waals surface area contributed by atoms with E-state index in [9.17, 15) is 10.1 Å². The second kappa shape index (κ2) is 5.69. The Hall–Kier alpha value is -1.10. The average Bonchev–Trinajstić information content (AvgIpc) is 2.27. The van der Waals surface area contributed by atoms with E-state index in [0.717, 1.165) is 10.9 Å². The summed E-state index contributed by atoms with van der Waals surface area (Å²) in [6, 6.07) is 3.30. The van der Waals surface area contributed by atoms with E-state index in [4.69, 9.17) is 4.74 Å². The van der Waals surface area contributed by atoms with Gasteiger partial charge in [0.2, 0.25) is 0 Å². The van der Waals surface area contributed by atoms with Gasteiger partial charge < -0.3 is 4.74 Å². The summed E-state index contributed by atoms with van der Waals surface area (Å²) >= 11 is 3.42. The Morgan fingerprint density at radius 1 is 1.33 bits per heavy atom. The molecule has 0 atom stereocenters. The normalized spacial score (nSPS) is 11.4. The molecule has 0 spiro atoms. The molecule has 1 aromatic carbocycles. The molecule has 1 aromatic rings. The number of rotatable bonds is 5. The van der Waals surface area contributed by atoms with Crippen LogP contribution in [0.15, 0.2) is 12.1 Å². The molecule has 100 valence electrons. The SMILES string of the molecule is Cc1cc(C)c([N+](=O)[O-])cc1OCC(C)(C)CBr. The monoisotopic (exact) mass is 315 g/mol. The molecule has 0 radical (unpaired) electrons. The lowest BCUT2D eigenvalue weighted by molar-refractivity contribution is -0.385. The summed E-state index contributed by atoms with van der Waals surface area (Å²) in [5, 5.41) is 11.7. The maximum atomic E-state index is 10.9. The second-order valence-electron chi connectivity index (χ2n) is 5.25. The molecule has 5 heteroatoms. The molecule has 0 amide bonds. The lowest BCUT2D eigenvalue weighted by Crippen LogP contribution is -2.23. The first kappa shape index (κ1) is 15.0. The van der Waals surface area contributed by atoms with Crippen molar-refractivity contribution in [3.63, 3.8) is 0 Å². The summed E-state index contributed by atoms with van der Waals surface area (Å²) in [5.41, 5.74) is 1.67. The van der Waals surface area contributed by atoms with Crippen molar-refractivity contribution in [3.05, 3.63) is 33.4 Å². The number of hydrogen-bond donors (Lipinski definition) is 0. The smallest absolute Gasteiger partial charge is 0.276 e. The molecule has 0 aliphatic rings. The average molecular weight is 316 g/mol. The Morgan fingerprint density at radius 3 is 2.44 bits per heavy atom. The van der Waals surface area contributed by atoms with Gasteiger partial charge in [-0.2, -0.15) is 0 Å². The van der Waals surface area contributed by atoms with Gasteiger partial charge in [-0.1, -0.05) is 29.8 Å². The molecule has 0 fully saturated rings. The zero-order valence-electron chi connectivity index (χ0n) is 11.1. The summed E-state index contributed by atoms with van der Waals surface area (Å²) in [6.45, 7) is 8.28. The number of hydrogen-bond acceptors (Lipinski definition) is 3. The van der Waals surface area contributed by atoms with Crippen LogP contribution in [0, 0.1) is 29.4 Å². The summed E-state index contributed by atoms with van der Waals surface area (Å²) in [5.74, 6) is 0.585. The Labute approximate surface area is 116 Å². The van der Waals surface area contributed by atoms with Crippen molar-refractivity contribution in [2.45, 2.75) is 27.7 Å². The van der Waals surface area contributed by atoms with E-state index in [2.05, 4.69) is 29.8 Å². The number of nitro benzene ring substituents is 1. The number of halogens is 1. The number of benzene rings is 1. The minimum absolute atomic E-state index is 0.00783. The van der Waals surface area contributed by atoms with Gasteiger partial charge in [-0.05, 0) is 25.5 Å². The van der Waals surface area contributed by atoms with E-state index in [1.54, 1.807) is 13.0 Å². The highest BCUT2D eigenvalue weighted by molar-refractivity contribution is 9.09. The maximum absolute atomic E-state index is 10.9. The molecule has 0 saturated heterocycles. The maximum Gasteiger partial charge on any atom is 0.276 e. The van der Waals surface area contributed by atoms with E-state index < -0.39 is 0 Å². The second-order valence-corrected chi connectivity index (χ2v) is 5.81. The Kier molecular flexibility index (Phi) is 4.73. The fraction of sp³-hybridized carbons (Fsp3) is 0.538. The van der Waals surface area contributed by atoms with Crippen molar-refractivity contribution in [1.29, 1.82) is 0 Å². The molecule has 0 saturated carbocycles. The molecule has 1 rings (SSSR count). The van der Waals surface area contributed by atoms with Gasteiger partial charge in [-0.15, -0.1) is 0 Å². The van der Waals surface area contributed by atoms with Crippen LogP contribution in [0.5, 0.6) is 5.75 Å². The van der Waals surface area contributed by atoms with Crippen LogP contribution >= 0.6 is 15.9 Å². The first-order valence-corrected chi connectivity index (χ1v) is 6.83. The molecule has 0 aliphatic heterocycles. The van der Waals surface area contributed by atoms with E-state index >= 15 is 0 Å². The molecule has 0 aliphatic carbocycles. The van der Waals surface area contributed by atoms with Crippen LogP contribution in [0.25, 0.3) is 0 Å². The third kappa shape index (κ3) is 3.70. The third-order valence-electron chi connectivity index (χ3n) is 2.67. The van der Waals surface area contributed by atoms with Crippen LogP contribution in [0.2, 0.25) is 0 Å². The minimum atomic E-state index is -0.378. The zero-order valence-corrected chi connectivity index (χ0v) is 12.7. The quantitative estimate of drug-likeness (QED) is 0.468. The van der Waals surface area contributed by atoms with Crippen molar-refractivity contribution in [3.8, 4) is 5.75 Å². The molecule has 0 bridgehead atoms. The molecule has 0 heterocycles. The number of aryl methyl sites for hydroxylation is 2. The highest BCUT2D eigenvalue weighted by atomic mass is 79.9. The van der Waals surface area contributed by atoms with Crippen LogP contribution in [-0.4, -0.2) is 16.9 Å². The molecule has 4 nitrogen and oxygen atoms in total. The number of nitrogens with zero attached hydrogens (tertiary/aromatic N) is 1. The largest absolute Gasteiger partial charge is 0.492 e. The molecule has 0 N–H and O–H groups in total. The van der Waals surface area contributed by atoms with Gasteiger partial charge in [-0.3, -0.25) is 10.1 Å².